The number of fused-ring (bicyclic) bond motifs is 1. The number of anilines is 1. The molecular formula is C22H19NO4. The van der Waals surface area contributed by atoms with Gasteiger partial charge in [0.1, 0.15) is 5.75 Å². The molecule has 136 valence electrons. The van der Waals surface area contributed by atoms with Gasteiger partial charge in [-0.1, -0.05) is 36.4 Å². The molecule has 2 aromatic rings. The van der Waals surface area contributed by atoms with Crippen LogP contribution in [0, 0.1) is 18.8 Å². The molecule has 2 unspecified atom stereocenters. The van der Waals surface area contributed by atoms with E-state index in [1.807, 2.05) is 31.2 Å². The van der Waals surface area contributed by atoms with Crippen LogP contribution in [0.15, 0.2) is 60.7 Å². The topological polar surface area (TPSA) is 63.7 Å². The summed E-state index contributed by atoms with van der Waals surface area (Å²) in [5.74, 6) is -1.12. The standard InChI is InChI=1S/C22H19NO4/c1-14-7-2-3-10-17(14)22(26)27-16-9-6-8-15(13-16)23-20(24)18-11-4-5-12-19(18)21(23)25/h2-10,13,18-19H,11-12H2,1H3. The Morgan fingerprint density at radius 1 is 0.963 bits per heavy atom. The number of carbonyl (C=O) groups excluding carboxylic acids is 3. The lowest BCUT2D eigenvalue weighted by Gasteiger charge is -2.16. The molecule has 0 saturated carbocycles. The van der Waals surface area contributed by atoms with Gasteiger partial charge in [0.25, 0.3) is 0 Å². The molecule has 1 aliphatic carbocycles. The van der Waals surface area contributed by atoms with E-state index in [0.717, 1.165) is 5.56 Å². The minimum atomic E-state index is -0.470. The second kappa shape index (κ2) is 6.83. The zero-order valence-corrected chi connectivity index (χ0v) is 14.9. The van der Waals surface area contributed by atoms with E-state index in [1.165, 1.54) is 4.90 Å². The minimum absolute atomic E-state index is 0.184. The fourth-order valence-electron chi connectivity index (χ4n) is 3.70. The molecular weight excluding hydrogens is 342 g/mol. The van der Waals surface area contributed by atoms with Crippen molar-refractivity contribution in [1.29, 1.82) is 0 Å². The summed E-state index contributed by atoms with van der Waals surface area (Å²) in [6, 6.07) is 13.7. The first kappa shape index (κ1) is 17.2. The van der Waals surface area contributed by atoms with E-state index in [2.05, 4.69) is 0 Å². The van der Waals surface area contributed by atoms with Crippen molar-refractivity contribution in [3.05, 3.63) is 71.8 Å². The van der Waals surface area contributed by atoms with Crippen molar-refractivity contribution in [2.75, 3.05) is 4.90 Å². The van der Waals surface area contributed by atoms with Crippen molar-refractivity contribution >= 4 is 23.5 Å². The van der Waals surface area contributed by atoms with Crippen LogP contribution in [-0.4, -0.2) is 17.8 Å². The van der Waals surface area contributed by atoms with Crippen LogP contribution in [0.5, 0.6) is 5.75 Å². The summed E-state index contributed by atoms with van der Waals surface area (Å²) >= 11 is 0. The summed E-state index contributed by atoms with van der Waals surface area (Å²) in [6.45, 7) is 1.84. The highest BCUT2D eigenvalue weighted by atomic mass is 16.5. The van der Waals surface area contributed by atoms with Gasteiger partial charge in [-0.15, -0.1) is 0 Å². The van der Waals surface area contributed by atoms with E-state index in [1.54, 1.807) is 36.4 Å². The van der Waals surface area contributed by atoms with Crippen molar-refractivity contribution in [2.45, 2.75) is 19.8 Å². The van der Waals surface area contributed by atoms with Crippen molar-refractivity contribution in [3.8, 4) is 5.75 Å². The molecule has 4 rings (SSSR count). The molecule has 0 radical (unpaired) electrons. The van der Waals surface area contributed by atoms with Crippen LogP contribution in [0.4, 0.5) is 5.69 Å². The smallest absolute Gasteiger partial charge is 0.343 e. The Bertz CT molecular complexity index is 936. The predicted octanol–water partition coefficient (Wildman–Crippen LogP) is 3.67. The maximum atomic E-state index is 12.7. The fourth-order valence-corrected chi connectivity index (χ4v) is 3.70. The molecule has 1 aliphatic heterocycles. The van der Waals surface area contributed by atoms with Gasteiger partial charge in [0.15, 0.2) is 0 Å². The Morgan fingerprint density at radius 2 is 1.63 bits per heavy atom. The van der Waals surface area contributed by atoms with Crippen LogP contribution in [0.3, 0.4) is 0 Å². The van der Waals surface area contributed by atoms with E-state index in [9.17, 15) is 14.4 Å². The third-order valence-corrected chi connectivity index (χ3v) is 5.16. The molecule has 1 fully saturated rings. The summed E-state index contributed by atoms with van der Waals surface area (Å²) in [5.41, 5.74) is 1.74. The van der Waals surface area contributed by atoms with Crippen LogP contribution in [0.2, 0.25) is 0 Å². The average Bonchev–Trinajstić information content (AvgIpc) is 2.93. The van der Waals surface area contributed by atoms with Crippen molar-refractivity contribution in [1.82, 2.24) is 0 Å². The number of ether oxygens (including phenoxy) is 1. The summed E-state index contributed by atoms with van der Waals surface area (Å²) in [5, 5.41) is 0. The Morgan fingerprint density at radius 3 is 2.30 bits per heavy atom. The summed E-state index contributed by atoms with van der Waals surface area (Å²) in [7, 11) is 0. The number of amides is 2. The van der Waals surface area contributed by atoms with Crippen LogP contribution in [0.1, 0.15) is 28.8 Å². The number of rotatable bonds is 3. The van der Waals surface area contributed by atoms with Crippen LogP contribution in [-0.2, 0) is 9.59 Å². The number of esters is 1. The lowest BCUT2D eigenvalue weighted by molar-refractivity contribution is -0.122. The van der Waals surface area contributed by atoms with Crippen LogP contribution < -0.4 is 9.64 Å². The molecule has 2 amide bonds. The number of hydrogen-bond donors (Lipinski definition) is 0. The molecule has 27 heavy (non-hydrogen) atoms. The maximum absolute atomic E-state index is 12.7. The first-order valence-corrected chi connectivity index (χ1v) is 8.97. The van der Waals surface area contributed by atoms with Gasteiger partial charge in [0.2, 0.25) is 11.8 Å². The second-order valence-corrected chi connectivity index (χ2v) is 6.87. The van der Waals surface area contributed by atoms with E-state index in [-0.39, 0.29) is 23.7 Å². The largest absolute Gasteiger partial charge is 0.423 e. The van der Waals surface area contributed by atoms with E-state index in [0.29, 0.717) is 29.8 Å². The van der Waals surface area contributed by atoms with Gasteiger partial charge in [-0.2, -0.15) is 0 Å². The molecule has 2 atom stereocenters. The van der Waals surface area contributed by atoms with Crippen LogP contribution in [0.25, 0.3) is 0 Å². The van der Waals surface area contributed by atoms with Gasteiger partial charge in [0.05, 0.1) is 23.1 Å². The normalized spacial score (nSPS) is 21.3. The Kier molecular flexibility index (Phi) is 4.36. The molecule has 1 heterocycles. The van der Waals surface area contributed by atoms with Crippen molar-refractivity contribution in [2.24, 2.45) is 11.8 Å². The van der Waals surface area contributed by atoms with E-state index < -0.39 is 5.97 Å². The molecule has 5 heteroatoms. The molecule has 2 aliphatic rings. The van der Waals surface area contributed by atoms with Crippen LogP contribution >= 0.6 is 0 Å². The molecule has 2 aromatic carbocycles. The third kappa shape index (κ3) is 3.05. The number of benzene rings is 2. The average molecular weight is 361 g/mol. The lowest BCUT2D eigenvalue weighted by atomic mass is 9.85. The summed E-state index contributed by atoms with van der Waals surface area (Å²) in [6.07, 6.45) is 5.09. The van der Waals surface area contributed by atoms with Gasteiger partial charge >= 0.3 is 5.97 Å². The van der Waals surface area contributed by atoms with E-state index in [4.69, 9.17) is 4.74 Å². The highest BCUT2D eigenvalue weighted by Crippen LogP contribution is 2.38. The SMILES string of the molecule is Cc1ccccc1C(=O)Oc1cccc(N2C(=O)C3CC=CCC3C2=O)c1. The quantitative estimate of drug-likeness (QED) is 0.362. The molecule has 5 nitrogen and oxygen atoms in total. The molecule has 0 aromatic heterocycles. The number of hydrogen-bond acceptors (Lipinski definition) is 4. The number of carbonyl (C=O) groups is 3. The van der Waals surface area contributed by atoms with Crippen molar-refractivity contribution < 1.29 is 19.1 Å². The van der Waals surface area contributed by atoms with Crippen molar-refractivity contribution in [3.63, 3.8) is 0 Å². The van der Waals surface area contributed by atoms with E-state index >= 15 is 0 Å². The molecule has 0 N–H and O–H groups in total. The number of allylic oxidation sites excluding steroid dienone is 2. The first-order chi connectivity index (χ1) is 13.1. The first-order valence-electron chi connectivity index (χ1n) is 8.97. The zero-order valence-electron chi connectivity index (χ0n) is 14.9. The number of nitrogens with zero attached hydrogens (tertiary/aromatic N) is 1. The Balaban J connectivity index is 1.58. The van der Waals surface area contributed by atoms with Gasteiger partial charge in [0, 0.05) is 6.07 Å². The minimum Gasteiger partial charge on any atom is -0.423 e. The predicted molar refractivity (Wildman–Crippen MR) is 100 cm³/mol. The second-order valence-electron chi connectivity index (χ2n) is 6.87. The van der Waals surface area contributed by atoms with Gasteiger partial charge in [-0.05, 0) is 43.5 Å². The fraction of sp³-hybridized carbons (Fsp3) is 0.227. The van der Waals surface area contributed by atoms with Gasteiger partial charge in [-0.3, -0.25) is 9.59 Å². The summed E-state index contributed by atoms with van der Waals surface area (Å²) < 4.78 is 5.47. The lowest BCUT2D eigenvalue weighted by Crippen LogP contribution is -2.30. The third-order valence-electron chi connectivity index (χ3n) is 5.16. The summed E-state index contributed by atoms with van der Waals surface area (Å²) in [4.78, 5) is 39.1. The maximum Gasteiger partial charge on any atom is 0.343 e. The number of imide groups is 1. The van der Waals surface area contributed by atoms with Gasteiger partial charge in [-0.25, -0.2) is 9.69 Å². The monoisotopic (exact) mass is 361 g/mol. The highest BCUT2D eigenvalue weighted by molar-refractivity contribution is 6.22. The van der Waals surface area contributed by atoms with Gasteiger partial charge < -0.3 is 4.74 Å². The Labute approximate surface area is 157 Å². The molecule has 0 spiro atoms. The molecule has 0 bridgehead atoms. The zero-order chi connectivity index (χ0) is 19.0. The highest BCUT2D eigenvalue weighted by Gasteiger charge is 2.47. The molecule has 1 saturated heterocycles. The Hall–Kier alpha value is -3.21. The number of aryl methyl sites for hydroxylation is 1.